The van der Waals surface area contributed by atoms with Gasteiger partial charge in [0.15, 0.2) is 5.65 Å². The van der Waals surface area contributed by atoms with E-state index in [2.05, 4.69) is 20.4 Å². The van der Waals surface area contributed by atoms with E-state index in [4.69, 9.17) is 0 Å². The predicted octanol–water partition coefficient (Wildman–Crippen LogP) is 4.21. The predicted molar refractivity (Wildman–Crippen MR) is 107 cm³/mol. The second-order valence-electron chi connectivity index (χ2n) is 6.21. The van der Waals surface area contributed by atoms with Gasteiger partial charge < -0.3 is 5.32 Å². The van der Waals surface area contributed by atoms with Crippen molar-refractivity contribution in [2.45, 2.75) is 17.2 Å². The zero-order valence-electron chi connectivity index (χ0n) is 15.2. The van der Waals surface area contributed by atoms with Gasteiger partial charge in [0.2, 0.25) is 5.91 Å². The van der Waals surface area contributed by atoms with Gasteiger partial charge in [0.05, 0.1) is 22.5 Å². The van der Waals surface area contributed by atoms with E-state index in [1.807, 2.05) is 0 Å². The minimum absolute atomic E-state index is 0.279. The number of nitrogens with zero attached hydrogens (tertiary/aromatic N) is 4. The zero-order valence-corrected chi connectivity index (χ0v) is 16.0. The smallest absolute Gasteiger partial charge is 0.237 e. The Balaban J connectivity index is 1.56. The average Bonchev–Trinajstić information content (AvgIpc) is 3.14. The fourth-order valence-electron chi connectivity index (χ4n) is 2.72. The summed E-state index contributed by atoms with van der Waals surface area (Å²) < 4.78 is 28.1. The molecule has 4 rings (SSSR count). The van der Waals surface area contributed by atoms with Crippen molar-refractivity contribution >= 4 is 34.4 Å². The van der Waals surface area contributed by atoms with E-state index in [9.17, 15) is 13.6 Å². The van der Waals surface area contributed by atoms with Crippen LogP contribution >= 0.6 is 11.8 Å². The first-order valence-electron chi connectivity index (χ1n) is 8.69. The fraction of sp³-hybridized carbons (Fsp3) is 0.100. The van der Waals surface area contributed by atoms with Crippen LogP contribution in [0.1, 0.15) is 6.92 Å². The van der Waals surface area contributed by atoms with Crippen molar-refractivity contribution in [1.29, 1.82) is 0 Å². The van der Waals surface area contributed by atoms with Crippen LogP contribution in [-0.4, -0.2) is 30.9 Å². The number of fused-ring (bicyclic) bond motifs is 1. The molecule has 1 amide bonds. The molecule has 6 nitrogen and oxygen atoms in total. The molecule has 1 unspecified atom stereocenters. The van der Waals surface area contributed by atoms with E-state index in [1.54, 1.807) is 36.0 Å². The van der Waals surface area contributed by atoms with Crippen LogP contribution in [-0.2, 0) is 4.79 Å². The Morgan fingerprint density at radius 3 is 2.66 bits per heavy atom. The topological polar surface area (TPSA) is 72.7 Å². The van der Waals surface area contributed by atoms with Crippen LogP contribution in [0.4, 0.5) is 14.5 Å². The van der Waals surface area contributed by atoms with E-state index in [0.29, 0.717) is 27.4 Å². The lowest BCUT2D eigenvalue weighted by Crippen LogP contribution is -2.22. The highest BCUT2D eigenvalue weighted by atomic mass is 32.2. The SMILES string of the molecule is CC(Sc1ncnc2c1cnn2-c1ccc(F)cc1)C(=O)Nc1cccc(F)c1. The second-order valence-corrected chi connectivity index (χ2v) is 7.54. The molecule has 0 saturated carbocycles. The quantitative estimate of drug-likeness (QED) is 0.393. The third-order valence-electron chi connectivity index (χ3n) is 4.15. The number of carbonyl (C=O) groups is 1. The normalized spacial score (nSPS) is 12.1. The van der Waals surface area contributed by atoms with Crippen molar-refractivity contribution in [1.82, 2.24) is 19.7 Å². The molecule has 0 aliphatic rings. The van der Waals surface area contributed by atoms with Crippen LogP contribution in [0.5, 0.6) is 0 Å². The summed E-state index contributed by atoms with van der Waals surface area (Å²) >= 11 is 1.25. The van der Waals surface area contributed by atoms with E-state index in [0.717, 1.165) is 0 Å². The lowest BCUT2D eigenvalue weighted by Gasteiger charge is -2.12. The number of amides is 1. The molecular formula is C20H15F2N5OS. The van der Waals surface area contributed by atoms with E-state index >= 15 is 0 Å². The maximum absolute atomic E-state index is 13.3. The lowest BCUT2D eigenvalue weighted by atomic mass is 10.3. The number of benzene rings is 2. The summed E-state index contributed by atoms with van der Waals surface area (Å²) in [5.74, 6) is -1.04. The molecule has 1 atom stereocenters. The summed E-state index contributed by atoms with van der Waals surface area (Å²) in [7, 11) is 0. The van der Waals surface area contributed by atoms with Gasteiger partial charge >= 0.3 is 0 Å². The van der Waals surface area contributed by atoms with E-state index in [1.165, 1.54) is 48.4 Å². The lowest BCUT2D eigenvalue weighted by molar-refractivity contribution is -0.115. The van der Waals surface area contributed by atoms with Crippen LogP contribution in [0.3, 0.4) is 0 Å². The van der Waals surface area contributed by atoms with Crippen molar-refractivity contribution in [2.75, 3.05) is 5.32 Å². The Bertz CT molecular complexity index is 1180. The first-order chi connectivity index (χ1) is 14.0. The molecule has 0 bridgehead atoms. The van der Waals surface area contributed by atoms with Gasteiger partial charge in [-0.2, -0.15) is 5.10 Å². The van der Waals surface area contributed by atoms with Crippen molar-refractivity contribution in [3.05, 3.63) is 72.7 Å². The number of halogens is 2. The Labute approximate surface area is 169 Å². The monoisotopic (exact) mass is 411 g/mol. The Kier molecular flexibility index (Phi) is 5.22. The van der Waals surface area contributed by atoms with Gasteiger partial charge in [-0.05, 0) is 49.4 Å². The molecule has 9 heteroatoms. The minimum atomic E-state index is -0.495. The Hall–Kier alpha value is -3.33. The number of aromatic nitrogens is 4. The molecule has 2 heterocycles. The summed E-state index contributed by atoms with van der Waals surface area (Å²) in [5, 5.41) is 7.78. The average molecular weight is 411 g/mol. The molecule has 0 saturated heterocycles. The van der Waals surface area contributed by atoms with Crippen LogP contribution in [0.15, 0.2) is 66.1 Å². The van der Waals surface area contributed by atoms with Gasteiger partial charge in [-0.15, -0.1) is 0 Å². The molecule has 2 aromatic heterocycles. The molecule has 0 fully saturated rings. The van der Waals surface area contributed by atoms with Crippen molar-refractivity contribution in [3.8, 4) is 5.69 Å². The van der Waals surface area contributed by atoms with Crippen LogP contribution in [0.25, 0.3) is 16.7 Å². The first kappa shape index (κ1) is 19.0. The summed E-state index contributed by atoms with van der Waals surface area (Å²) in [6, 6.07) is 11.6. The van der Waals surface area contributed by atoms with Gasteiger partial charge in [0, 0.05) is 5.69 Å². The van der Waals surface area contributed by atoms with Gasteiger partial charge in [-0.25, -0.2) is 23.4 Å². The molecule has 29 heavy (non-hydrogen) atoms. The minimum Gasteiger partial charge on any atom is -0.325 e. The van der Waals surface area contributed by atoms with Crippen molar-refractivity contribution in [2.24, 2.45) is 0 Å². The van der Waals surface area contributed by atoms with Gasteiger partial charge in [-0.1, -0.05) is 17.8 Å². The van der Waals surface area contributed by atoms with Gasteiger partial charge in [-0.3, -0.25) is 4.79 Å². The molecular weight excluding hydrogens is 396 g/mol. The summed E-state index contributed by atoms with van der Waals surface area (Å²) in [6.45, 7) is 1.73. The zero-order chi connectivity index (χ0) is 20.4. The van der Waals surface area contributed by atoms with Crippen molar-refractivity contribution in [3.63, 3.8) is 0 Å². The highest BCUT2D eigenvalue weighted by Crippen LogP contribution is 2.29. The molecule has 4 aromatic rings. The third kappa shape index (κ3) is 4.09. The molecule has 146 valence electrons. The summed E-state index contributed by atoms with van der Waals surface area (Å²) in [6.07, 6.45) is 3.00. The fourth-order valence-corrected chi connectivity index (χ4v) is 3.60. The molecule has 0 aliphatic carbocycles. The molecule has 2 aromatic carbocycles. The van der Waals surface area contributed by atoms with E-state index < -0.39 is 11.1 Å². The highest BCUT2D eigenvalue weighted by molar-refractivity contribution is 8.00. The number of thioether (sulfide) groups is 1. The third-order valence-corrected chi connectivity index (χ3v) is 5.27. The summed E-state index contributed by atoms with van der Waals surface area (Å²) in [4.78, 5) is 21.0. The van der Waals surface area contributed by atoms with Crippen molar-refractivity contribution < 1.29 is 13.6 Å². The Morgan fingerprint density at radius 2 is 1.90 bits per heavy atom. The molecule has 0 radical (unpaired) electrons. The number of rotatable bonds is 5. The maximum Gasteiger partial charge on any atom is 0.237 e. The maximum atomic E-state index is 13.3. The molecule has 0 aliphatic heterocycles. The van der Waals surface area contributed by atoms with Crippen LogP contribution in [0.2, 0.25) is 0 Å². The van der Waals surface area contributed by atoms with Gasteiger partial charge in [0.1, 0.15) is 23.0 Å². The summed E-state index contributed by atoms with van der Waals surface area (Å²) in [5.41, 5.74) is 1.60. The highest BCUT2D eigenvalue weighted by Gasteiger charge is 2.19. The van der Waals surface area contributed by atoms with E-state index in [-0.39, 0.29) is 11.7 Å². The number of hydrogen-bond donors (Lipinski definition) is 1. The molecule has 0 spiro atoms. The number of anilines is 1. The first-order valence-corrected chi connectivity index (χ1v) is 9.57. The van der Waals surface area contributed by atoms with Gasteiger partial charge in [0.25, 0.3) is 0 Å². The van der Waals surface area contributed by atoms with Crippen LogP contribution in [0, 0.1) is 11.6 Å². The second kappa shape index (κ2) is 7.96. The molecule has 1 N–H and O–H groups in total. The number of carbonyl (C=O) groups excluding carboxylic acids is 1. The Morgan fingerprint density at radius 1 is 1.10 bits per heavy atom. The largest absolute Gasteiger partial charge is 0.325 e. The number of nitrogens with one attached hydrogen (secondary N) is 1. The van der Waals surface area contributed by atoms with Crippen LogP contribution < -0.4 is 5.32 Å². The number of hydrogen-bond acceptors (Lipinski definition) is 5. The standard InChI is InChI=1S/C20H15F2N5OS/c1-12(19(28)26-15-4-2-3-14(22)9-15)29-20-17-10-25-27(18(17)23-11-24-20)16-7-5-13(21)6-8-16/h2-12H,1H3,(H,26,28).